The van der Waals surface area contributed by atoms with Crippen molar-refractivity contribution in [3.05, 3.63) is 46.2 Å². The third-order valence-electron chi connectivity index (χ3n) is 3.58. The third-order valence-corrected chi connectivity index (χ3v) is 4.43. The Bertz CT molecular complexity index is 656. The number of amides is 2. The predicted molar refractivity (Wildman–Crippen MR) is 86.5 cm³/mol. The van der Waals surface area contributed by atoms with Gasteiger partial charge in [0.2, 0.25) is 0 Å². The first-order valence-corrected chi connectivity index (χ1v) is 7.92. The van der Waals surface area contributed by atoms with Crippen LogP contribution in [-0.4, -0.2) is 6.03 Å². The number of anilines is 1. The first-order chi connectivity index (χ1) is 10.7. The lowest BCUT2D eigenvalue weighted by molar-refractivity contribution is 0.246. The molecule has 2 amide bonds. The standard InChI is InChI=1S/C15H18N4O2S/c16-18-15(20)19(17)13-5-1-4-12(10-6-7-10)14(13)21-9-11-3-2-8-22-11/h1-5,8,10H,6-7,9,16-17H2,(H,18,20). The average Bonchev–Trinajstić information content (AvgIpc) is 3.27. The predicted octanol–water partition coefficient (Wildman–Crippen LogP) is 2.47. The van der Waals surface area contributed by atoms with E-state index in [1.807, 2.05) is 35.1 Å². The highest BCUT2D eigenvalue weighted by atomic mass is 32.1. The van der Waals surface area contributed by atoms with Crippen LogP contribution in [0.15, 0.2) is 35.7 Å². The third kappa shape index (κ3) is 3.06. The molecule has 0 unspecified atom stereocenters. The number of carbonyl (C=O) groups excluding carboxylic acids is 1. The van der Waals surface area contributed by atoms with E-state index in [4.69, 9.17) is 16.4 Å². The summed E-state index contributed by atoms with van der Waals surface area (Å²) in [4.78, 5) is 12.8. The van der Waals surface area contributed by atoms with Gasteiger partial charge < -0.3 is 4.74 Å². The summed E-state index contributed by atoms with van der Waals surface area (Å²) in [7, 11) is 0. The van der Waals surface area contributed by atoms with Crippen LogP contribution in [-0.2, 0) is 6.61 Å². The van der Waals surface area contributed by atoms with E-state index in [2.05, 4.69) is 0 Å². The molecule has 1 aromatic heterocycles. The zero-order valence-corrected chi connectivity index (χ0v) is 12.8. The van der Waals surface area contributed by atoms with Gasteiger partial charge in [0, 0.05) is 4.88 Å². The molecule has 5 N–H and O–H groups in total. The second kappa shape index (κ2) is 6.35. The fourth-order valence-corrected chi connectivity index (χ4v) is 2.94. The van der Waals surface area contributed by atoms with Crippen LogP contribution in [0.25, 0.3) is 0 Å². The maximum absolute atomic E-state index is 11.7. The van der Waals surface area contributed by atoms with Crippen molar-refractivity contribution in [1.82, 2.24) is 5.43 Å². The van der Waals surface area contributed by atoms with Gasteiger partial charge in [-0.25, -0.2) is 21.5 Å². The van der Waals surface area contributed by atoms with Gasteiger partial charge >= 0.3 is 6.03 Å². The molecule has 0 radical (unpaired) electrons. The molecule has 1 fully saturated rings. The van der Waals surface area contributed by atoms with Crippen LogP contribution in [0.2, 0.25) is 0 Å². The maximum Gasteiger partial charge on any atom is 0.350 e. The molecule has 6 nitrogen and oxygen atoms in total. The van der Waals surface area contributed by atoms with Gasteiger partial charge in [-0.15, -0.1) is 11.3 Å². The Morgan fingerprint density at radius 2 is 2.18 bits per heavy atom. The lowest BCUT2D eigenvalue weighted by Gasteiger charge is -2.21. The Hall–Kier alpha value is -2.09. The Morgan fingerprint density at radius 3 is 2.82 bits per heavy atom. The van der Waals surface area contributed by atoms with Gasteiger partial charge in [-0.2, -0.15) is 0 Å². The number of rotatable bonds is 5. The van der Waals surface area contributed by atoms with E-state index in [9.17, 15) is 4.79 Å². The summed E-state index contributed by atoms with van der Waals surface area (Å²) < 4.78 is 6.00. The summed E-state index contributed by atoms with van der Waals surface area (Å²) >= 11 is 1.63. The number of nitrogens with two attached hydrogens (primary N) is 2. The number of hydrogen-bond donors (Lipinski definition) is 3. The molecular formula is C15H18N4O2S. The van der Waals surface area contributed by atoms with Gasteiger partial charge in [0.15, 0.2) is 0 Å². The number of ether oxygens (including phenoxy) is 1. The number of benzene rings is 1. The summed E-state index contributed by atoms with van der Waals surface area (Å²) in [6.07, 6.45) is 2.26. The van der Waals surface area contributed by atoms with Crippen molar-refractivity contribution >= 4 is 23.1 Å². The van der Waals surface area contributed by atoms with Crippen LogP contribution < -0.4 is 26.9 Å². The van der Waals surface area contributed by atoms with Crippen molar-refractivity contribution in [2.24, 2.45) is 11.7 Å². The van der Waals surface area contributed by atoms with Crippen molar-refractivity contribution < 1.29 is 9.53 Å². The van der Waals surface area contributed by atoms with Gasteiger partial charge in [0.1, 0.15) is 18.0 Å². The fraction of sp³-hybridized carbons (Fsp3) is 0.267. The molecule has 1 aromatic carbocycles. The summed E-state index contributed by atoms with van der Waals surface area (Å²) in [6.45, 7) is 0.451. The molecule has 0 saturated heterocycles. The van der Waals surface area contributed by atoms with E-state index in [0.29, 0.717) is 24.0 Å². The highest BCUT2D eigenvalue weighted by molar-refractivity contribution is 7.09. The van der Waals surface area contributed by atoms with Crippen LogP contribution in [0, 0.1) is 0 Å². The number of nitrogens with zero attached hydrogens (tertiary/aromatic N) is 1. The summed E-state index contributed by atoms with van der Waals surface area (Å²) in [6, 6.07) is 9.06. The zero-order chi connectivity index (χ0) is 15.5. The normalized spacial score (nSPS) is 13.7. The largest absolute Gasteiger partial charge is 0.486 e. The summed E-state index contributed by atoms with van der Waals surface area (Å²) in [5.41, 5.74) is 3.64. The van der Waals surface area contributed by atoms with Crippen LogP contribution in [0.5, 0.6) is 5.75 Å². The number of nitrogens with one attached hydrogen (secondary N) is 1. The minimum Gasteiger partial charge on any atom is -0.486 e. The topological polar surface area (TPSA) is 93.6 Å². The molecule has 7 heteroatoms. The molecular weight excluding hydrogens is 300 g/mol. The van der Waals surface area contributed by atoms with Gasteiger partial charge in [0.05, 0.1) is 0 Å². The average molecular weight is 318 g/mol. The molecule has 1 aliphatic rings. The second-order valence-electron chi connectivity index (χ2n) is 5.16. The minimum atomic E-state index is -0.589. The second-order valence-corrected chi connectivity index (χ2v) is 6.19. The summed E-state index contributed by atoms with van der Waals surface area (Å²) in [5, 5.41) is 2.99. The van der Waals surface area contributed by atoms with Crippen molar-refractivity contribution in [3.8, 4) is 5.75 Å². The van der Waals surface area contributed by atoms with Crippen LogP contribution in [0.1, 0.15) is 29.2 Å². The van der Waals surface area contributed by atoms with Gasteiger partial charge in [-0.05, 0) is 41.8 Å². The fourth-order valence-electron chi connectivity index (χ4n) is 2.32. The molecule has 3 rings (SSSR count). The molecule has 1 heterocycles. The smallest absolute Gasteiger partial charge is 0.350 e. The number of hydrazine groups is 2. The monoisotopic (exact) mass is 318 g/mol. The van der Waals surface area contributed by atoms with Crippen LogP contribution in [0.3, 0.4) is 0 Å². The van der Waals surface area contributed by atoms with Crippen molar-refractivity contribution in [1.29, 1.82) is 0 Å². The van der Waals surface area contributed by atoms with E-state index in [1.165, 1.54) is 0 Å². The van der Waals surface area contributed by atoms with E-state index in [0.717, 1.165) is 28.3 Å². The Balaban J connectivity index is 1.90. The lowest BCUT2D eigenvalue weighted by Crippen LogP contribution is -2.47. The van der Waals surface area contributed by atoms with Gasteiger partial charge in [-0.3, -0.25) is 5.43 Å². The number of hydrogen-bond acceptors (Lipinski definition) is 5. The molecule has 0 atom stereocenters. The first-order valence-electron chi connectivity index (χ1n) is 7.04. The highest BCUT2D eigenvalue weighted by Gasteiger charge is 2.29. The van der Waals surface area contributed by atoms with Crippen LogP contribution in [0.4, 0.5) is 10.5 Å². The quantitative estimate of drug-likeness (QED) is 0.448. The van der Waals surface area contributed by atoms with E-state index in [-0.39, 0.29) is 0 Å². The lowest BCUT2D eigenvalue weighted by atomic mass is 10.1. The van der Waals surface area contributed by atoms with Crippen molar-refractivity contribution in [3.63, 3.8) is 0 Å². The Kier molecular flexibility index (Phi) is 4.28. The van der Waals surface area contributed by atoms with Gasteiger partial charge in [-0.1, -0.05) is 18.2 Å². The molecule has 0 bridgehead atoms. The van der Waals surface area contributed by atoms with Crippen molar-refractivity contribution in [2.75, 3.05) is 5.01 Å². The van der Waals surface area contributed by atoms with Crippen LogP contribution >= 0.6 is 11.3 Å². The molecule has 0 aliphatic heterocycles. The minimum absolute atomic E-state index is 0.451. The van der Waals surface area contributed by atoms with E-state index in [1.54, 1.807) is 17.4 Å². The molecule has 1 saturated carbocycles. The van der Waals surface area contributed by atoms with Gasteiger partial charge in [0.25, 0.3) is 0 Å². The molecule has 22 heavy (non-hydrogen) atoms. The number of thiophene rings is 1. The first kappa shape index (κ1) is 14.8. The SMILES string of the molecule is NNC(=O)N(N)c1cccc(C2CC2)c1OCc1cccs1. The zero-order valence-electron chi connectivity index (χ0n) is 12.0. The molecule has 0 spiro atoms. The molecule has 116 valence electrons. The highest BCUT2D eigenvalue weighted by Crippen LogP contribution is 2.47. The van der Waals surface area contributed by atoms with E-state index >= 15 is 0 Å². The number of carbonyl (C=O) groups is 1. The Morgan fingerprint density at radius 1 is 1.36 bits per heavy atom. The summed E-state index contributed by atoms with van der Waals surface area (Å²) in [5.74, 6) is 12.1. The van der Waals surface area contributed by atoms with Crippen molar-refractivity contribution in [2.45, 2.75) is 25.4 Å². The maximum atomic E-state index is 11.7. The Labute approximate surface area is 132 Å². The molecule has 2 aromatic rings. The number of urea groups is 1. The molecule has 1 aliphatic carbocycles. The number of para-hydroxylation sites is 1. The van der Waals surface area contributed by atoms with E-state index < -0.39 is 6.03 Å².